The van der Waals surface area contributed by atoms with Gasteiger partial charge in [-0.15, -0.1) is 0 Å². The third-order valence-corrected chi connectivity index (χ3v) is 6.43. The molecule has 1 N–H and O–H groups in total. The molecule has 0 saturated heterocycles. The molecule has 0 spiro atoms. The summed E-state index contributed by atoms with van der Waals surface area (Å²) in [7, 11) is -3.78. The second-order valence-corrected chi connectivity index (χ2v) is 9.46. The van der Waals surface area contributed by atoms with Gasteiger partial charge in [0, 0.05) is 5.02 Å². The van der Waals surface area contributed by atoms with Crippen molar-refractivity contribution < 1.29 is 23.1 Å². The van der Waals surface area contributed by atoms with E-state index < -0.39 is 19.5 Å². The lowest BCUT2D eigenvalue weighted by atomic mass is 10.2. The Bertz CT molecular complexity index is 813. The first-order valence-corrected chi connectivity index (χ1v) is 11.4. The highest BCUT2D eigenvalue weighted by molar-refractivity contribution is 7.54. The first-order chi connectivity index (χ1) is 13.7. The number of benzene rings is 2. The molecule has 8 heteroatoms. The molecule has 0 aliphatic heterocycles. The molecule has 2 aromatic carbocycles. The van der Waals surface area contributed by atoms with Gasteiger partial charge in [-0.1, -0.05) is 54.1 Å². The van der Waals surface area contributed by atoms with Crippen molar-refractivity contribution in [3.8, 4) is 0 Å². The van der Waals surface area contributed by atoms with Crippen LogP contribution in [0.15, 0.2) is 54.6 Å². The van der Waals surface area contributed by atoms with Crippen molar-refractivity contribution >= 4 is 25.3 Å². The van der Waals surface area contributed by atoms with Crippen LogP contribution in [0.1, 0.15) is 44.6 Å². The minimum absolute atomic E-state index is 0.0837. The number of amides is 1. The number of nitrogens with one attached hydrogen (secondary N) is 1. The number of hydrogen-bond acceptors (Lipinski definition) is 5. The van der Waals surface area contributed by atoms with E-state index in [1.54, 1.807) is 52.0 Å². The summed E-state index contributed by atoms with van der Waals surface area (Å²) in [6.45, 7) is 7.10. The molecule has 0 fully saturated rings. The van der Waals surface area contributed by atoms with Gasteiger partial charge in [-0.25, -0.2) is 4.79 Å². The van der Waals surface area contributed by atoms with Gasteiger partial charge < -0.3 is 19.1 Å². The van der Waals surface area contributed by atoms with E-state index >= 15 is 0 Å². The number of rotatable bonds is 9. The van der Waals surface area contributed by atoms with Crippen LogP contribution in [0, 0.1) is 0 Å². The number of carbonyl (C=O) groups is 1. The normalized spacial score (nSPS) is 12.8. The molecule has 0 bridgehead atoms. The van der Waals surface area contributed by atoms with Crippen LogP contribution in [0.25, 0.3) is 0 Å². The van der Waals surface area contributed by atoms with E-state index in [1.807, 2.05) is 30.3 Å². The molecule has 0 aromatic heterocycles. The fraction of sp³-hybridized carbons (Fsp3) is 0.381. The van der Waals surface area contributed by atoms with Crippen LogP contribution in [-0.4, -0.2) is 18.3 Å². The highest BCUT2D eigenvalue weighted by Gasteiger charge is 2.40. The van der Waals surface area contributed by atoms with E-state index in [0.717, 1.165) is 5.56 Å². The van der Waals surface area contributed by atoms with Gasteiger partial charge in [0.2, 0.25) is 0 Å². The van der Waals surface area contributed by atoms with Gasteiger partial charge in [-0.2, -0.15) is 0 Å². The molecule has 29 heavy (non-hydrogen) atoms. The second kappa shape index (κ2) is 10.8. The molecule has 2 aromatic rings. The molecule has 1 atom stereocenters. The number of carbonyl (C=O) groups excluding carboxylic acids is 1. The highest BCUT2D eigenvalue weighted by atomic mass is 35.5. The zero-order valence-corrected chi connectivity index (χ0v) is 18.7. The lowest BCUT2D eigenvalue weighted by molar-refractivity contribution is 0.120. The number of ether oxygens (including phenoxy) is 1. The maximum Gasteiger partial charge on any atom is 0.408 e. The van der Waals surface area contributed by atoms with E-state index in [4.69, 9.17) is 25.4 Å². The van der Waals surface area contributed by atoms with Crippen molar-refractivity contribution in [2.24, 2.45) is 0 Å². The van der Waals surface area contributed by atoms with Gasteiger partial charge in [0.15, 0.2) is 5.78 Å². The summed E-state index contributed by atoms with van der Waals surface area (Å²) in [4.78, 5) is 12.5. The summed E-state index contributed by atoms with van der Waals surface area (Å²) < 4.78 is 30.4. The molecule has 0 radical (unpaired) electrons. The molecule has 2 rings (SSSR count). The fourth-order valence-electron chi connectivity index (χ4n) is 2.60. The summed E-state index contributed by atoms with van der Waals surface area (Å²) in [5.41, 5.74) is 1.38. The maximum absolute atomic E-state index is 13.7. The predicted octanol–water partition coefficient (Wildman–Crippen LogP) is 6.31. The topological polar surface area (TPSA) is 73.9 Å². The molecular formula is C21H27ClNO5P. The van der Waals surface area contributed by atoms with E-state index in [-0.39, 0.29) is 18.8 Å². The third-order valence-electron chi connectivity index (χ3n) is 3.68. The fourth-order valence-corrected chi connectivity index (χ4v) is 5.00. The van der Waals surface area contributed by atoms with Crippen LogP contribution in [0.3, 0.4) is 0 Å². The second-order valence-electron chi connectivity index (χ2n) is 7.01. The van der Waals surface area contributed by atoms with Crippen molar-refractivity contribution in [1.29, 1.82) is 0 Å². The van der Waals surface area contributed by atoms with Gasteiger partial charge >= 0.3 is 13.7 Å². The van der Waals surface area contributed by atoms with Crippen molar-refractivity contribution in [2.75, 3.05) is 0 Å². The van der Waals surface area contributed by atoms with Crippen molar-refractivity contribution in [3.05, 3.63) is 70.7 Å². The summed E-state index contributed by atoms with van der Waals surface area (Å²) in [6, 6.07) is 15.9. The number of hydrogen-bond donors (Lipinski definition) is 1. The molecule has 0 aliphatic rings. The smallest absolute Gasteiger partial charge is 0.408 e. The highest BCUT2D eigenvalue weighted by Crippen LogP contribution is 2.61. The molecular weight excluding hydrogens is 413 g/mol. The Morgan fingerprint density at radius 3 is 2.03 bits per heavy atom. The van der Waals surface area contributed by atoms with Gasteiger partial charge in [0.05, 0.1) is 12.2 Å². The standard InChI is InChI=1S/C21H27ClNO5P/c1-15(2)27-29(25,28-16(3)4)20(18-10-12-19(22)13-11-18)23-21(24)26-14-17-8-6-5-7-9-17/h5-13,15-16,20H,14H2,1-4H3,(H,23,24)/t20-/m1/s1. The van der Waals surface area contributed by atoms with Crippen LogP contribution in [0.5, 0.6) is 0 Å². The van der Waals surface area contributed by atoms with Crippen molar-refractivity contribution in [2.45, 2.75) is 52.3 Å². The SMILES string of the molecule is CC(C)OP(=O)(OC(C)C)[C@@H](NC(=O)OCc1ccccc1)c1ccc(Cl)cc1. The molecule has 0 aliphatic carbocycles. The Balaban J connectivity index is 2.26. The van der Waals surface area contributed by atoms with Gasteiger partial charge in [0.1, 0.15) is 6.61 Å². The number of alkyl carbamates (subject to hydrolysis) is 1. The van der Waals surface area contributed by atoms with Crippen LogP contribution in [0.2, 0.25) is 5.02 Å². The summed E-state index contributed by atoms with van der Waals surface area (Å²) in [5, 5.41) is 3.17. The molecule has 0 heterocycles. The van der Waals surface area contributed by atoms with Gasteiger partial charge in [-0.3, -0.25) is 4.57 Å². The monoisotopic (exact) mass is 439 g/mol. The first kappa shape index (κ1) is 23.4. The lowest BCUT2D eigenvalue weighted by Crippen LogP contribution is -2.31. The Morgan fingerprint density at radius 1 is 0.966 bits per heavy atom. The maximum atomic E-state index is 13.7. The van der Waals surface area contributed by atoms with Crippen molar-refractivity contribution in [1.82, 2.24) is 5.32 Å². The predicted molar refractivity (Wildman–Crippen MR) is 114 cm³/mol. The Kier molecular flexibility index (Phi) is 8.72. The molecule has 6 nitrogen and oxygen atoms in total. The zero-order valence-electron chi connectivity index (χ0n) is 17.0. The third kappa shape index (κ3) is 7.48. The molecule has 158 valence electrons. The largest absolute Gasteiger partial charge is 0.445 e. The van der Waals surface area contributed by atoms with Crippen LogP contribution >= 0.6 is 19.2 Å². The average Bonchev–Trinajstić information content (AvgIpc) is 2.65. The van der Waals surface area contributed by atoms with Gasteiger partial charge in [-0.05, 0) is 51.0 Å². The van der Waals surface area contributed by atoms with E-state index in [9.17, 15) is 9.36 Å². The lowest BCUT2D eigenvalue weighted by Gasteiger charge is -2.30. The van der Waals surface area contributed by atoms with E-state index in [1.165, 1.54) is 0 Å². The van der Waals surface area contributed by atoms with Crippen molar-refractivity contribution in [3.63, 3.8) is 0 Å². The summed E-state index contributed by atoms with van der Waals surface area (Å²) in [5.74, 6) is -1.05. The van der Waals surface area contributed by atoms with Crippen LogP contribution < -0.4 is 5.32 Å². The summed E-state index contributed by atoms with van der Waals surface area (Å²) in [6.07, 6.45) is -1.48. The molecule has 1 amide bonds. The first-order valence-electron chi connectivity index (χ1n) is 9.39. The van der Waals surface area contributed by atoms with Crippen LogP contribution in [-0.2, 0) is 25.0 Å². The van der Waals surface area contributed by atoms with Crippen LogP contribution in [0.4, 0.5) is 4.79 Å². The average molecular weight is 440 g/mol. The Hall–Kier alpha value is -1.85. The minimum Gasteiger partial charge on any atom is -0.445 e. The molecule has 0 unspecified atom stereocenters. The number of halogens is 1. The Morgan fingerprint density at radius 2 is 1.52 bits per heavy atom. The molecule has 0 saturated carbocycles. The van der Waals surface area contributed by atoms with E-state index in [0.29, 0.717) is 10.6 Å². The Labute approximate surface area is 177 Å². The quantitative estimate of drug-likeness (QED) is 0.463. The zero-order chi connectivity index (χ0) is 21.4. The van der Waals surface area contributed by atoms with E-state index in [2.05, 4.69) is 5.32 Å². The van der Waals surface area contributed by atoms with Gasteiger partial charge in [0.25, 0.3) is 0 Å². The minimum atomic E-state index is -3.78. The summed E-state index contributed by atoms with van der Waals surface area (Å²) >= 11 is 5.98.